The minimum Gasteiger partial charge on any atom is -0.488 e. The first kappa shape index (κ1) is 12.7. The topological polar surface area (TPSA) is 43.4 Å². The molecule has 0 aromatic heterocycles. The first-order valence-electron chi connectivity index (χ1n) is 2.69. The zero-order valence-corrected chi connectivity index (χ0v) is 8.51. The summed E-state index contributed by atoms with van der Waals surface area (Å²) in [6.07, 6.45) is 0.920. The van der Waals surface area contributed by atoms with E-state index in [-0.39, 0.29) is 35.3 Å². The standard InChI is InChI=1S/C6H9O3.Na/c1-3-9-6(8)4-5(2)7;/h4H,3H2,1-2H3;/q-1;+1. The summed E-state index contributed by atoms with van der Waals surface area (Å²) in [6, 6.07) is 0. The van der Waals surface area contributed by atoms with E-state index in [9.17, 15) is 9.59 Å². The van der Waals surface area contributed by atoms with E-state index in [1.807, 2.05) is 0 Å². The monoisotopic (exact) mass is 152 g/mol. The van der Waals surface area contributed by atoms with Crippen molar-refractivity contribution in [2.45, 2.75) is 13.8 Å². The fourth-order valence-electron chi connectivity index (χ4n) is 0.350. The van der Waals surface area contributed by atoms with Gasteiger partial charge < -0.3 is 9.53 Å². The van der Waals surface area contributed by atoms with Crippen molar-refractivity contribution in [1.29, 1.82) is 0 Å². The fourth-order valence-corrected chi connectivity index (χ4v) is 0.350. The summed E-state index contributed by atoms with van der Waals surface area (Å²) in [5, 5.41) is 0. The third-order valence-electron chi connectivity index (χ3n) is 0.608. The van der Waals surface area contributed by atoms with Crippen LogP contribution in [0.3, 0.4) is 0 Å². The Balaban J connectivity index is 0. The number of ketones is 1. The fraction of sp³-hybridized carbons (Fsp3) is 0.500. The van der Waals surface area contributed by atoms with Crippen molar-refractivity contribution >= 4 is 11.8 Å². The molecule has 0 N–H and O–H groups in total. The number of esters is 1. The molecule has 52 valence electrons. The van der Waals surface area contributed by atoms with Crippen molar-refractivity contribution in [3.63, 3.8) is 0 Å². The van der Waals surface area contributed by atoms with Crippen molar-refractivity contribution in [2.24, 2.45) is 0 Å². The van der Waals surface area contributed by atoms with Crippen LogP contribution in [0.15, 0.2) is 0 Å². The molecule has 0 unspecified atom stereocenters. The van der Waals surface area contributed by atoms with E-state index in [1.54, 1.807) is 6.92 Å². The van der Waals surface area contributed by atoms with E-state index < -0.39 is 5.97 Å². The van der Waals surface area contributed by atoms with Gasteiger partial charge in [-0.1, -0.05) is 0 Å². The number of rotatable bonds is 3. The van der Waals surface area contributed by atoms with E-state index in [0.717, 1.165) is 6.42 Å². The number of carbonyl (C=O) groups excluding carboxylic acids is 2. The summed E-state index contributed by atoms with van der Waals surface area (Å²) in [6.45, 7) is 3.30. The molecule has 0 atom stereocenters. The molecular weight excluding hydrogens is 143 g/mol. The largest absolute Gasteiger partial charge is 1.00 e. The molecule has 0 aromatic rings. The number of hydrogen-bond acceptors (Lipinski definition) is 3. The van der Waals surface area contributed by atoms with Gasteiger partial charge in [0.25, 0.3) is 0 Å². The Morgan fingerprint density at radius 1 is 1.50 bits per heavy atom. The Bertz CT molecular complexity index is 122. The molecule has 0 aliphatic heterocycles. The number of carbonyl (C=O) groups is 2. The van der Waals surface area contributed by atoms with Crippen molar-refractivity contribution < 1.29 is 43.9 Å². The van der Waals surface area contributed by atoms with Crippen LogP contribution in [0, 0.1) is 6.42 Å². The molecule has 10 heavy (non-hydrogen) atoms. The summed E-state index contributed by atoms with van der Waals surface area (Å²) in [4.78, 5) is 20.5. The van der Waals surface area contributed by atoms with Crippen LogP contribution in [0.5, 0.6) is 0 Å². The summed E-state index contributed by atoms with van der Waals surface area (Å²) < 4.78 is 4.44. The number of Topliss-reactive ketones (excluding diaryl/α,β-unsaturated/α-hetero) is 1. The van der Waals surface area contributed by atoms with Crippen LogP contribution in [-0.4, -0.2) is 18.4 Å². The molecule has 4 heteroatoms. The maximum atomic E-state index is 10.4. The minimum absolute atomic E-state index is 0. The quantitative estimate of drug-likeness (QED) is 0.192. The van der Waals surface area contributed by atoms with Gasteiger partial charge in [0.15, 0.2) is 5.97 Å². The molecule has 3 nitrogen and oxygen atoms in total. The van der Waals surface area contributed by atoms with E-state index in [2.05, 4.69) is 4.74 Å². The van der Waals surface area contributed by atoms with Gasteiger partial charge in [0.1, 0.15) is 0 Å². The van der Waals surface area contributed by atoms with Crippen LogP contribution in [0.4, 0.5) is 0 Å². The van der Waals surface area contributed by atoms with Crippen LogP contribution >= 0.6 is 0 Å². The van der Waals surface area contributed by atoms with Gasteiger partial charge in [0, 0.05) is 5.78 Å². The third-order valence-corrected chi connectivity index (χ3v) is 0.608. The summed E-state index contributed by atoms with van der Waals surface area (Å²) >= 11 is 0. The molecule has 0 aliphatic carbocycles. The molecule has 0 saturated carbocycles. The maximum Gasteiger partial charge on any atom is 1.00 e. The predicted molar refractivity (Wildman–Crippen MR) is 31.6 cm³/mol. The van der Waals surface area contributed by atoms with Gasteiger partial charge in [0.2, 0.25) is 0 Å². The Hall–Kier alpha value is 0.0100. The number of ether oxygens (including phenoxy) is 1. The van der Waals surface area contributed by atoms with E-state index >= 15 is 0 Å². The predicted octanol–water partition coefficient (Wildman–Crippen LogP) is -2.65. The van der Waals surface area contributed by atoms with E-state index in [4.69, 9.17) is 0 Å². The zero-order chi connectivity index (χ0) is 7.28. The summed E-state index contributed by atoms with van der Waals surface area (Å²) in [7, 11) is 0. The second-order valence-electron chi connectivity index (χ2n) is 1.51. The third kappa shape index (κ3) is 8.01. The Kier molecular flexibility index (Phi) is 9.02. The van der Waals surface area contributed by atoms with Gasteiger partial charge >= 0.3 is 29.6 Å². The van der Waals surface area contributed by atoms with Gasteiger partial charge in [-0.15, -0.1) is 0 Å². The molecular formula is C6H9NaO3. The second-order valence-corrected chi connectivity index (χ2v) is 1.51. The van der Waals surface area contributed by atoms with E-state index in [1.165, 1.54) is 6.92 Å². The van der Waals surface area contributed by atoms with E-state index in [0.29, 0.717) is 6.61 Å². The van der Waals surface area contributed by atoms with Crippen LogP contribution < -0.4 is 29.6 Å². The van der Waals surface area contributed by atoms with Gasteiger partial charge in [-0.3, -0.25) is 4.79 Å². The van der Waals surface area contributed by atoms with Crippen molar-refractivity contribution in [3.8, 4) is 0 Å². The Morgan fingerprint density at radius 2 is 2.00 bits per heavy atom. The Labute approximate surface area is 82.4 Å². The van der Waals surface area contributed by atoms with Crippen LogP contribution in [0.25, 0.3) is 0 Å². The smallest absolute Gasteiger partial charge is 0.488 e. The summed E-state index contributed by atoms with van der Waals surface area (Å²) in [5.74, 6) is -0.849. The first-order chi connectivity index (χ1) is 4.16. The van der Waals surface area contributed by atoms with Crippen molar-refractivity contribution in [2.75, 3.05) is 6.61 Å². The Morgan fingerprint density at radius 3 is 2.30 bits per heavy atom. The normalized spacial score (nSPS) is 7.40. The maximum absolute atomic E-state index is 10.4. The van der Waals surface area contributed by atoms with Crippen LogP contribution in [0.2, 0.25) is 0 Å². The average molecular weight is 152 g/mol. The molecule has 0 heterocycles. The van der Waals surface area contributed by atoms with Gasteiger partial charge in [0.05, 0.1) is 6.61 Å². The minimum atomic E-state index is -0.565. The molecule has 0 saturated heterocycles. The molecule has 0 fully saturated rings. The van der Waals surface area contributed by atoms with Gasteiger partial charge in [-0.2, -0.15) is 0 Å². The number of hydrogen-bond donors (Lipinski definition) is 0. The van der Waals surface area contributed by atoms with Crippen molar-refractivity contribution in [3.05, 3.63) is 6.42 Å². The molecule has 0 aliphatic rings. The second kappa shape index (κ2) is 7.12. The molecule has 0 bridgehead atoms. The molecule has 0 aromatic carbocycles. The summed E-state index contributed by atoms with van der Waals surface area (Å²) in [5.41, 5.74) is 0. The SMILES string of the molecule is CCOC(=O)[CH-]C(C)=O.[Na+]. The van der Waals surface area contributed by atoms with Crippen molar-refractivity contribution in [1.82, 2.24) is 0 Å². The van der Waals surface area contributed by atoms with Gasteiger partial charge in [-0.05, 0) is 13.8 Å². The van der Waals surface area contributed by atoms with Crippen LogP contribution in [-0.2, 0) is 14.3 Å². The molecule has 0 rings (SSSR count). The van der Waals surface area contributed by atoms with Crippen LogP contribution in [0.1, 0.15) is 13.8 Å². The molecule has 0 radical (unpaired) electrons. The first-order valence-corrected chi connectivity index (χ1v) is 2.69. The van der Waals surface area contributed by atoms with Gasteiger partial charge in [-0.25, -0.2) is 6.42 Å². The zero-order valence-electron chi connectivity index (χ0n) is 6.51. The molecule has 0 spiro atoms. The molecule has 0 amide bonds. The average Bonchev–Trinajstić information content (AvgIpc) is 1.63.